The Morgan fingerprint density at radius 1 is 0.583 bits per heavy atom. The minimum absolute atomic E-state index is 1.21. The molecular weight excluding hydrogens is 144 g/mol. The lowest BCUT2D eigenvalue weighted by Crippen LogP contribution is -1.67. The average molecular weight is 166 g/mol. The van der Waals surface area contributed by atoms with E-state index < -0.39 is 0 Å². The number of hydrogen-bond acceptors (Lipinski definition) is 0. The van der Waals surface area contributed by atoms with E-state index in [1.165, 1.54) is 38.5 Å². The van der Waals surface area contributed by atoms with E-state index in [4.69, 9.17) is 0 Å². The molecule has 0 heterocycles. The van der Waals surface area contributed by atoms with Gasteiger partial charge in [0, 0.05) is 0 Å². The molecule has 0 aromatic carbocycles. The highest BCUT2D eigenvalue weighted by atomic mass is 13.8. The quantitative estimate of drug-likeness (QED) is 0.386. The molecule has 0 saturated carbocycles. The highest BCUT2D eigenvalue weighted by Gasteiger charge is 1.77. The third-order valence-electron chi connectivity index (χ3n) is 1.74. The average Bonchev–Trinajstić information content (AvgIpc) is 2.10. The molecule has 0 aliphatic rings. The summed E-state index contributed by atoms with van der Waals surface area (Å²) in [6, 6.07) is 0. The molecule has 0 heteroatoms. The summed E-state index contributed by atoms with van der Waals surface area (Å²) < 4.78 is 0. The van der Waals surface area contributed by atoms with Gasteiger partial charge in [0.05, 0.1) is 0 Å². The first-order chi connectivity index (χ1) is 5.91. The zero-order valence-corrected chi connectivity index (χ0v) is 8.55. The van der Waals surface area contributed by atoms with Crippen molar-refractivity contribution in [1.82, 2.24) is 0 Å². The Kier molecular flexibility index (Phi) is 10.0. The fraction of sp³-hybridized carbons (Fsp3) is 0.667. The number of rotatable bonds is 7. The van der Waals surface area contributed by atoms with Crippen molar-refractivity contribution < 1.29 is 0 Å². The van der Waals surface area contributed by atoms with Gasteiger partial charge in [-0.25, -0.2) is 0 Å². The van der Waals surface area contributed by atoms with Gasteiger partial charge in [0.25, 0.3) is 0 Å². The molecule has 0 N–H and O–H groups in total. The second-order valence-electron chi connectivity index (χ2n) is 3.10. The summed E-state index contributed by atoms with van der Waals surface area (Å²) >= 11 is 0. The van der Waals surface area contributed by atoms with Gasteiger partial charge in [0.1, 0.15) is 0 Å². The molecule has 0 atom stereocenters. The molecule has 0 saturated heterocycles. The van der Waals surface area contributed by atoms with Gasteiger partial charge in [-0.2, -0.15) is 0 Å². The number of hydrogen-bond donors (Lipinski definition) is 0. The third kappa shape index (κ3) is 9.48. The Hall–Kier alpha value is -0.520. The van der Waals surface area contributed by atoms with E-state index in [1.807, 2.05) is 0 Å². The van der Waals surface area contributed by atoms with Gasteiger partial charge >= 0.3 is 0 Å². The van der Waals surface area contributed by atoms with Crippen LogP contribution in [0.25, 0.3) is 0 Å². The van der Waals surface area contributed by atoms with E-state index in [0.29, 0.717) is 0 Å². The molecule has 0 spiro atoms. The van der Waals surface area contributed by atoms with Gasteiger partial charge in [-0.1, -0.05) is 51.0 Å². The van der Waals surface area contributed by atoms with Crippen LogP contribution in [0.4, 0.5) is 0 Å². The number of allylic oxidation sites excluding steroid dienone is 4. The first kappa shape index (κ1) is 11.5. The van der Waals surface area contributed by atoms with Gasteiger partial charge in [-0.05, 0) is 25.7 Å². The summed E-state index contributed by atoms with van der Waals surface area (Å²) in [6.07, 6.45) is 16.6. The molecule has 0 aliphatic heterocycles. The third-order valence-corrected chi connectivity index (χ3v) is 1.74. The van der Waals surface area contributed by atoms with E-state index in [9.17, 15) is 0 Å². The molecule has 0 radical (unpaired) electrons. The highest BCUT2D eigenvalue weighted by molar-refractivity contribution is 4.87. The Bertz CT molecular complexity index is 104. The second-order valence-corrected chi connectivity index (χ2v) is 3.10. The van der Waals surface area contributed by atoms with E-state index in [-0.39, 0.29) is 0 Å². The molecule has 0 unspecified atom stereocenters. The maximum Gasteiger partial charge on any atom is -0.0316 e. The molecule has 0 bridgehead atoms. The van der Waals surface area contributed by atoms with Crippen molar-refractivity contribution in [3.8, 4) is 0 Å². The largest absolute Gasteiger partial charge is 0.0885 e. The van der Waals surface area contributed by atoms with E-state index >= 15 is 0 Å². The smallest absolute Gasteiger partial charge is 0.0316 e. The summed E-state index contributed by atoms with van der Waals surface area (Å²) in [4.78, 5) is 0. The van der Waals surface area contributed by atoms with Gasteiger partial charge in [0.15, 0.2) is 0 Å². The molecule has 0 rings (SSSR count). The minimum atomic E-state index is 1.21. The Balaban J connectivity index is 3.09. The normalized spacial score (nSPS) is 11.8. The van der Waals surface area contributed by atoms with Crippen molar-refractivity contribution in [3.63, 3.8) is 0 Å². The zero-order chi connectivity index (χ0) is 9.07. The van der Waals surface area contributed by atoms with Crippen molar-refractivity contribution in [2.45, 2.75) is 52.4 Å². The lowest BCUT2D eigenvalue weighted by molar-refractivity contribution is 0.931. The molecule has 0 aromatic heterocycles. The van der Waals surface area contributed by atoms with Crippen molar-refractivity contribution in [2.24, 2.45) is 0 Å². The van der Waals surface area contributed by atoms with E-state index in [0.717, 1.165) is 0 Å². The molecule has 12 heavy (non-hydrogen) atoms. The van der Waals surface area contributed by atoms with Crippen molar-refractivity contribution >= 4 is 0 Å². The molecule has 0 nitrogen and oxygen atoms in total. The Morgan fingerprint density at radius 3 is 1.25 bits per heavy atom. The molecule has 0 aromatic rings. The van der Waals surface area contributed by atoms with Crippen LogP contribution in [0.1, 0.15) is 52.4 Å². The van der Waals surface area contributed by atoms with Crippen LogP contribution < -0.4 is 0 Å². The Morgan fingerprint density at radius 2 is 0.917 bits per heavy atom. The first-order valence-corrected chi connectivity index (χ1v) is 5.21. The van der Waals surface area contributed by atoms with Gasteiger partial charge in [0.2, 0.25) is 0 Å². The van der Waals surface area contributed by atoms with Gasteiger partial charge in [-0.3, -0.25) is 0 Å². The maximum atomic E-state index is 2.29. The van der Waals surface area contributed by atoms with Crippen LogP contribution in [0.2, 0.25) is 0 Å². The molecule has 0 amide bonds. The summed E-state index contributed by atoms with van der Waals surface area (Å²) in [5, 5.41) is 0. The second kappa shape index (κ2) is 10.5. The number of unbranched alkanes of at least 4 members (excludes halogenated alkanes) is 3. The SMILES string of the molecule is CCC/C=C/CC/C=C/CCC. The first-order valence-electron chi connectivity index (χ1n) is 5.21. The molecule has 70 valence electrons. The van der Waals surface area contributed by atoms with Crippen LogP contribution in [-0.4, -0.2) is 0 Å². The van der Waals surface area contributed by atoms with E-state index in [2.05, 4.69) is 38.2 Å². The van der Waals surface area contributed by atoms with Crippen molar-refractivity contribution in [2.75, 3.05) is 0 Å². The maximum absolute atomic E-state index is 2.29. The standard InChI is InChI=1S/C12H22/c1-3-5-7-9-11-12-10-8-6-4-2/h7-10H,3-6,11-12H2,1-2H3/b9-7+,10-8+. The Labute approximate surface area is 77.4 Å². The summed E-state index contributed by atoms with van der Waals surface area (Å²) in [6.45, 7) is 4.43. The predicted molar refractivity (Wildman–Crippen MR) is 57.3 cm³/mol. The zero-order valence-electron chi connectivity index (χ0n) is 8.55. The summed E-state index contributed by atoms with van der Waals surface area (Å²) in [5.41, 5.74) is 0. The predicted octanol–water partition coefficient (Wildman–Crippen LogP) is 4.48. The topological polar surface area (TPSA) is 0 Å². The lowest BCUT2D eigenvalue weighted by Gasteiger charge is -1.87. The lowest BCUT2D eigenvalue weighted by atomic mass is 10.2. The minimum Gasteiger partial charge on any atom is -0.0885 e. The van der Waals surface area contributed by atoms with Crippen molar-refractivity contribution in [3.05, 3.63) is 24.3 Å². The van der Waals surface area contributed by atoms with Crippen LogP contribution in [-0.2, 0) is 0 Å². The molecule has 0 aliphatic carbocycles. The van der Waals surface area contributed by atoms with Crippen LogP contribution in [0.5, 0.6) is 0 Å². The molecular formula is C12H22. The molecule has 0 fully saturated rings. The van der Waals surface area contributed by atoms with Crippen LogP contribution in [0.15, 0.2) is 24.3 Å². The summed E-state index contributed by atoms with van der Waals surface area (Å²) in [7, 11) is 0. The van der Waals surface area contributed by atoms with Gasteiger partial charge in [-0.15, -0.1) is 0 Å². The fourth-order valence-electron chi connectivity index (χ4n) is 0.997. The van der Waals surface area contributed by atoms with Crippen LogP contribution in [0, 0.1) is 0 Å². The van der Waals surface area contributed by atoms with Crippen LogP contribution >= 0.6 is 0 Å². The van der Waals surface area contributed by atoms with Crippen LogP contribution in [0.3, 0.4) is 0 Å². The van der Waals surface area contributed by atoms with Crippen molar-refractivity contribution in [1.29, 1.82) is 0 Å². The summed E-state index contributed by atoms with van der Waals surface area (Å²) in [5.74, 6) is 0. The monoisotopic (exact) mass is 166 g/mol. The van der Waals surface area contributed by atoms with Gasteiger partial charge < -0.3 is 0 Å². The van der Waals surface area contributed by atoms with E-state index in [1.54, 1.807) is 0 Å². The highest BCUT2D eigenvalue weighted by Crippen LogP contribution is 1.97. The fourth-order valence-corrected chi connectivity index (χ4v) is 0.997.